The molecule has 1 aromatic carbocycles. The number of halogens is 1. The Morgan fingerprint density at radius 1 is 1.30 bits per heavy atom. The molecule has 1 rings (SSSR count). The Morgan fingerprint density at radius 3 is 2.57 bits per heavy atom. The molecule has 0 heterocycles. The molecule has 0 aliphatic rings. The Morgan fingerprint density at radius 2 is 2.00 bits per heavy atom. The van der Waals surface area contributed by atoms with E-state index in [0.717, 1.165) is 6.08 Å². The van der Waals surface area contributed by atoms with E-state index in [0.29, 0.717) is 18.0 Å². The van der Waals surface area contributed by atoms with Crippen LogP contribution in [0, 0.1) is 11.7 Å². The Bertz CT molecular complexity index is 584. The summed E-state index contributed by atoms with van der Waals surface area (Å²) in [6.45, 7) is 5.94. The molecule has 0 saturated carbocycles. The molecular weight excluding hydrogens is 301 g/mol. The van der Waals surface area contributed by atoms with E-state index in [-0.39, 0.29) is 11.7 Å². The maximum absolute atomic E-state index is 13.5. The number of esters is 1. The van der Waals surface area contributed by atoms with Crippen molar-refractivity contribution in [1.82, 2.24) is 5.32 Å². The quantitative estimate of drug-likeness (QED) is 0.619. The predicted molar refractivity (Wildman–Crippen MR) is 85.4 cm³/mol. The SMILES string of the molecule is COc1ccc(/C=C/C(=O)O[C@@H](C)C(=O)NCC(C)C)cc1F. The number of nitrogens with one attached hydrogen (secondary N) is 1. The van der Waals surface area contributed by atoms with Crippen LogP contribution in [0.1, 0.15) is 26.3 Å². The third-order valence-electron chi connectivity index (χ3n) is 2.93. The standard InChI is InChI=1S/C17H22FNO4/c1-11(2)10-19-17(21)12(3)23-16(20)8-6-13-5-7-15(22-4)14(18)9-13/h5-9,11-12H,10H2,1-4H3,(H,19,21)/b8-6+/t12-/m0/s1. The molecule has 23 heavy (non-hydrogen) atoms. The second-order valence-corrected chi connectivity index (χ2v) is 5.45. The van der Waals surface area contributed by atoms with Crippen molar-refractivity contribution in [3.8, 4) is 5.75 Å². The van der Waals surface area contributed by atoms with Gasteiger partial charge in [-0.2, -0.15) is 0 Å². The van der Waals surface area contributed by atoms with Gasteiger partial charge in [0.25, 0.3) is 5.91 Å². The lowest BCUT2D eigenvalue weighted by atomic mass is 10.2. The highest BCUT2D eigenvalue weighted by molar-refractivity contribution is 5.90. The highest BCUT2D eigenvalue weighted by atomic mass is 19.1. The minimum absolute atomic E-state index is 0.125. The summed E-state index contributed by atoms with van der Waals surface area (Å²) in [4.78, 5) is 23.4. The van der Waals surface area contributed by atoms with Gasteiger partial charge in [-0.1, -0.05) is 19.9 Å². The van der Waals surface area contributed by atoms with Gasteiger partial charge in [0, 0.05) is 12.6 Å². The zero-order valence-corrected chi connectivity index (χ0v) is 13.8. The molecule has 0 aliphatic carbocycles. The summed E-state index contributed by atoms with van der Waals surface area (Å²) < 4.78 is 23.3. The number of amides is 1. The van der Waals surface area contributed by atoms with Gasteiger partial charge in [0.05, 0.1) is 7.11 Å². The van der Waals surface area contributed by atoms with Gasteiger partial charge in [0.1, 0.15) is 0 Å². The topological polar surface area (TPSA) is 64.6 Å². The first-order valence-corrected chi connectivity index (χ1v) is 7.33. The smallest absolute Gasteiger partial charge is 0.331 e. The molecule has 0 aromatic heterocycles. The number of carbonyl (C=O) groups excluding carboxylic acids is 2. The van der Waals surface area contributed by atoms with Gasteiger partial charge in [-0.3, -0.25) is 4.79 Å². The van der Waals surface area contributed by atoms with E-state index in [4.69, 9.17) is 9.47 Å². The van der Waals surface area contributed by atoms with Crippen molar-refractivity contribution < 1.29 is 23.5 Å². The van der Waals surface area contributed by atoms with Gasteiger partial charge in [-0.15, -0.1) is 0 Å². The van der Waals surface area contributed by atoms with Gasteiger partial charge in [0.2, 0.25) is 0 Å². The molecule has 5 nitrogen and oxygen atoms in total. The van der Waals surface area contributed by atoms with Crippen LogP contribution < -0.4 is 10.1 Å². The van der Waals surface area contributed by atoms with Gasteiger partial charge in [0.15, 0.2) is 17.7 Å². The second kappa shape index (κ2) is 8.92. The van der Waals surface area contributed by atoms with Gasteiger partial charge >= 0.3 is 5.97 Å². The van der Waals surface area contributed by atoms with E-state index in [1.807, 2.05) is 13.8 Å². The Hall–Kier alpha value is -2.37. The monoisotopic (exact) mass is 323 g/mol. The first-order valence-electron chi connectivity index (χ1n) is 7.33. The summed E-state index contributed by atoms with van der Waals surface area (Å²) >= 11 is 0. The van der Waals surface area contributed by atoms with Crippen molar-refractivity contribution in [1.29, 1.82) is 0 Å². The highest BCUT2D eigenvalue weighted by Crippen LogP contribution is 2.18. The number of methoxy groups -OCH3 is 1. The van der Waals surface area contributed by atoms with Gasteiger partial charge in [-0.25, -0.2) is 9.18 Å². The molecule has 0 bridgehead atoms. The van der Waals surface area contributed by atoms with Crippen molar-refractivity contribution >= 4 is 18.0 Å². The second-order valence-electron chi connectivity index (χ2n) is 5.45. The number of benzene rings is 1. The Labute approximate surface area is 135 Å². The lowest BCUT2D eigenvalue weighted by Crippen LogP contribution is -2.37. The summed E-state index contributed by atoms with van der Waals surface area (Å²) in [6, 6.07) is 4.30. The molecule has 126 valence electrons. The molecule has 1 amide bonds. The maximum Gasteiger partial charge on any atom is 0.331 e. The first kappa shape index (κ1) is 18.7. The predicted octanol–water partition coefficient (Wildman–Crippen LogP) is 2.55. The Balaban J connectivity index is 2.55. The number of hydrogen-bond acceptors (Lipinski definition) is 4. The summed E-state index contributed by atoms with van der Waals surface area (Å²) in [5.74, 6) is -1.11. The molecule has 0 spiro atoms. The van der Waals surface area contributed by atoms with Crippen LogP contribution in [0.2, 0.25) is 0 Å². The van der Waals surface area contributed by atoms with Crippen LogP contribution in [0.25, 0.3) is 6.08 Å². The molecule has 1 atom stereocenters. The fourth-order valence-electron chi connectivity index (χ4n) is 1.67. The lowest BCUT2D eigenvalue weighted by Gasteiger charge is -2.13. The third kappa shape index (κ3) is 6.50. The van der Waals surface area contributed by atoms with Crippen molar-refractivity contribution in [2.45, 2.75) is 26.9 Å². The fourth-order valence-corrected chi connectivity index (χ4v) is 1.67. The van der Waals surface area contributed by atoms with Crippen LogP contribution in [-0.4, -0.2) is 31.6 Å². The zero-order chi connectivity index (χ0) is 17.4. The molecule has 1 aromatic rings. The number of rotatable bonds is 7. The summed E-state index contributed by atoms with van der Waals surface area (Å²) in [5, 5.41) is 2.68. The molecule has 6 heteroatoms. The van der Waals surface area contributed by atoms with Crippen molar-refractivity contribution in [3.63, 3.8) is 0 Å². The van der Waals surface area contributed by atoms with Crippen LogP contribution in [-0.2, 0) is 14.3 Å². The average Bonchev–Trinajstić information content (AvgIpc) is 2.50. The summed E-state index contributed by atoms with van der Waals surface area (Å²) in [7, 11) is 1.37. The third-order valence-corrected chi connectivity index (χ3v) is 2.93. The highest BCUT2D eigenvalue weighted by Gasteiger charge is 2.16. The molecular formula is C17H22FNO4. The van der Waals surface area contributed by atoms with E-state index >= 15 is 0 Å². The molecule has 0 saturated heterocycles. The van der Waals surface area contributed by atoms with Gasteiger partial charge in [-0.05, 0) is 36.6 Å². The maximum atomic E-state index is 13.5. The summed E-state index contributed by atoms with van der Waals surface area (Å²) in [6.07, 6.45) is 1.66. The number of hydrogen-bond donors (Lipinski definition) is 1. The van der Waals surface area contributed by atoms with Crippen LogP contribution in [0.4, 0.5) is 4.39 Å². The Kier molecular flexibility index (Phi) is 7.25. The molecule has 0 aliphatic heterocycles. The van der Waals surface area contributed by atoms with E-state index < -0.39 is 17.9 Å². The molecule has 0 unspecified atom stereocenters. The van der Waals surface area contributed by atoms with Crippen molar-refractivity contribution in [2.75, 3.05) is 13.7 Å². The normalized spacial score (nSPS) is 12.3. The zero-order valence-electron chi connectivity index (χ0n) is 13.8. The van der Waals surface area contributed by atoms with Crippen molar-refractivity contribution in [3.05, 3.63) is 35.7 Å². The van der Waals surface area contributed by atoms with E-state index in [9.17, 15) is 14.0 Å². The van der Waals surface area contributed by atoms with E-state index in [2.05, 4.69) is 5.32 Å². The largest absolute Gasteiger partial charge is 0.494 e. The molecule has 1 N–H and O–H groups in total. The average molecular weight is 323 g/mol. The van der Waals surface area contributed by atoms with Crippen LogP contribution in [0.5, 0.6) is 5.75 Å². The minimum atomic E-state index is -0.890. The summed E-state index contributed by atoms with van der Waals surface area (Å²) in [5.41, 5.74) is 0.483. The van der Waals surface area contributed by atoms with E-state index in [1.54, 1.807) is 6.07 Å². The number of ether oxygens (including phenoxy) is 2. The van der Waals surface area contributed by atoms with Crippen LogP contribution in [0.15, 0.2) is 24.3 Å². The minimum Gasteiger partial charge on any atom is -0.494 e. The van der Waals surface area contributed by atoms with Crippen molar-refractivity contribution in [2.24, 2.45) is 5.92 Å². The van der Waals surface area contributed by atoms with Crippen LogP contribution in [0.3, 0.4) is 0 Å². The van der Waals surface area contributed by atoms with E-state index in [1.165, 1.54) is 32.2 Å². The lowest BCUT2D eigenvalue weighted by molar-refractivity contribution is -0.150. The fraction of sp³-hybridized carbons (Fsp3) is 0.412. The van der Waals surface area contributed by atoms with Gasteiger partial charge < -0.3 is 14.8 Å². The molecule has 0 fully saturated rings. The molecule has 0 radical (unpaired) electrons. The first-order chi connectivity index (χ1) is 10.8. The number of carbonyl (C=O) groups is 2. The van der Waals surface area contributed by atoms with Crippen LogP contribution >= 0.6 is 0 Å².